The van der Waals surface area contributed by atoms with Gasteiger partial charge >= 0.3 is 0 Å². The molecule has 0 aliphatic carbocycles. The van der Waals surface area contributed by atoms with E-state index in [-0.39, 0.29) is 11.7 Å². The molecule has 20 heavy (non-hydrogen) atoms. The highest BCUT2D eigenvalue weighted by Gasteiger charge is 2.08. The molecular weight excluding hydrogens is 298 g/mol. The third-order valence-corrected chi connectivity index (χ3v) is 3.81. The molecule has 5 nitrogen and oxygen atoms in total. The summed E-state index contributed by atoms with van der Waals surface area (Å²) in [6.07, 6.45) is 0. The van der Waals surface area contributed by atoms with Gasteiger partial charge in [-0.25, -0.2) is 0 Å². The Kier molecular flexibility index (Phi) is 4.60. The number of nitrogens with zero attached hydrogens (tertiary/aromatic N) is 1. The summed E-state index contributed by atoms with van der Waals surface area (Å²) in [6, 6.07) is 10.4. The first-order chi connectivity index (χ1) is 9.60. The standard InChI is InChI=1S/C13H12ClN3O2S/c14-11-5-4-10(20-11)13(18)16-7-8-2-1-3-9(6-8)12(15)17-19/h1-6,19H,7H2,(H2,15,17)(H,16,18). The maximum Gasteiger partial charge on any atom is 0.261 e. The second kappa shape index (κ2) is 6.40. The predicted octanol–water partition coefficient (Wildman–Crippen LogP) is 2.43. The van der Waals surface area contributed by atoms with Gasteiger partial charge in [0.15, 0.2) is 5.84 Å². The molecule has 0 aliphatic heterocycles. The van der Waals surface area contributed by atoms with E-state index in [1.165, 1.54) is 11.3 Å². The van der Waals surface area contributed by atoms with Gasteiger partial charge in [-0.05, 0) is 23.8 Å². The van der Waals surface area contributed by atoms with Crippen LogP contribution in [0.5, 0.6) is 0 Å². The summed E-state index contributed by atoms with van der Waals surface area (Å²) in [5.41, 5.74) is 6.96. The molecule has 2 aromatic rings. The van der Waals surface area contributed by atoms with Crippen LogP contribution in [0.25, 0.3) is 0 Å². The van der Waals surface area contributed by atoms with E-state index in [2.05, 4.69) is 10.5 Å². The molecule has 1 amide bonds. The summed E-state index contributed by atoms with van der Waals surface area (Å²) in [4.78, 5) is 12.4. The molecule has 0 bridgehead atoms. The highest BCUT2D eigenvalue weighted by atomic mass is 35.5. The number of thiophene rings is 1. The first-order valence-corrected chi connectivity index (χ1v) is 6.90. The van der Waals surface area contributed by atoms with Crippen LogP contribution in [0, 0.1) is 0 Å². The van der Waals surface area contributed by atoms with E-state index in [9.17, 15) is 4.79 Å². The highest BCUT2D eigenvalue weighted by Crippen LogP contribution is 2.21. The van der Waals surface area contributed by atoms with Crippen LogP contribution < -0.4 is 11.1 Å². The van der Waals surface area contributed by atoms with Gasteiger partial charge in [0.25, 0.3) is 5.91 Å². The largest absolute Gasteiger partial charge is 0.409 e. The minimum Gasteiger partial charge on any atom is -0.409 e. The minimum atomic E-state index is -0.184. The Bertz CT molecular complexity index is 655. The van der Waals surface area contributed by atoms with Gasteiger partial charge in [0.2, 0.25) is 0 Å². The number of amidine groups is 1. The van der Waals surface area contributed by atoms with E-state index in [0.29, 0.717) is 21.3 Å². The number of carbonyl (C=O) groups is 1. The normalized spacial score (nSPS) is 11.3. The van der Waals surface area contributed by atoms with Crippen molar-refractivity contribution in [1.29, 1.82) is 0 Å². The van der Waals surface area contributed by atoms with E-state index in [4.69, 9.17) is 22.5 Å². The fourth-order valence-electron chi connectivity index (χ4n) is 1.60. The molecule has 0 aliphatic rings. The van der Waals surface area contributed by atoms with Gasteiger partial charge < -0.3 is 16.3 Å². The Balaban J connectivity index is 2.02. The van der Waals surface area contributed by atoms with Gasteiger partial charge in [0.05, 0.1) is 9.21 Å². The number of rotatable bonds is 4. The van der Waals surface area contributed by atoms with Crippen LogP contribution in [0.4, 0.5) is 0 Å². The molecule has 1 heterocycles. The molecule has 2 rings (SSSR count). The molecule has 4 N–H and O–H groups in total. The van der Waals surface area contributed by atoms with Crippen molar-refractivity contribution in [3.63, 3.8) is 0 Å². The lowest BCUT2D eigenvalue weighted by Gasteiger charge is -2.06. The van der Waals surface area contributed by atoms with Crippen LogP contribution >= 0.6 is 22.9 Å². The molecule has 0 fully saturated rings. The van der Waals surface area contributed by atoms with Crippen LogP contribution in [-0.2, 0) is 6.54 Å². The maximum atomic E-state index is 11.9. The quantitative estimate of drug-likeness (QED) is 0.351. The number of hydrogen-bond acceptors (Lipinski definition) is 4. The van der Waals surface area contributed by atoms with E-state index in [1.807, 2.05) is 6.07 Å². The average molecular weight is 310 g/mol. The Morgan fingerprint density at radius 2 is 2.20 bits per heavy atom. The fraction of sp³-hybridized carbons (Fsp3) is 0.0769. The van der Waals surface area contributed by atoms with E-state index >= 15 is 0 Å². The summed E-state index contributed by atoms with van der Waals surface area (Å²) in [6.45, 7) is 0.348. The van der Waals surface area contributed by atoms with Crippen molar-refractivity contribution in [2.45, 2.75) is 6.54 Å². The zero-order valence-electron chi connectivity index (χ0n) is 10.3. The molecular formula is C13H12ClN3O2S. The second-order valence-electron chi connectivity index (χ2n) is 3.97. The van der Waals surface area contributed by atoms with E-state index in [0.717, 1.165) is 5.56 Å². The second-order valence-corrected chi connectivity index (χ2v) is 5.69. The van der Waals surface area contributed by atoms with E-state index in [1.54, 1.807) is 30.3 Å². The van der Waals surface area contributed by atoms with Crippen molar-refractivity contribution in [3.8, 4) is 0 Å². The van der Waals surface area contributed by atoms with Crippen molar-refractivity contribution in [1.82, 2.24) is 5.32 Å². The summed E-state index contributed by atoms with van der Waals surface area (Å²) in [5, 5.41) is 14.4. The Labute approximate surface area is 124 Å². The van der Waals surface area contributed by atoms with Gasteiger partial charge in [-0.15, -0.1) is 11.3 Å². The average Bonchev–Trinajstić information content (AvgIpc) is 2.91. The first kappa shape index (κ1) is 14.4. The zero-order chi connectivity index (χ0) is 14.5. The SMILES string of the molecule is NC(=NO)c1cccc(CNC(=O)c2ccc(Cl)s2)c1. The zero-order valence-corrected chi connectivity index (χ0v) is 11.9. The van der Waals surface area contributed by atoms with Gasteiger partial charge in [-0.2, -0.15) is 0 Å². The smallest absolute Gasteiger partial charge is 0.261 e. The van der Waals surface area contributed by atoms with Crippen LogP contribution in [0.15, 0.2) is 41.6 Å². The molecule has 1 aromatic carbocycles. The number of benzene rings is 1. The summed E-state index contributed by atoms with van der Waals surface area (Å²) < 4.78 is 0.573. The first-order valence-electron chi connectivity index (χ1n) is 5.70. The predicted molar refractivity (Wildman–Crippen MR) is 79.5 cm³/mol. The third-order valence-electron chi connectivity index (χ3n) is 2.58. The van der Waals surface area contributed by atoms with Crippen molar-refractivity contribution in [3.05, 3.63) is 56.7 Å². The topological polar surface area (TPSA) is 87.7 Å². The monoisotopic (exact) mass is 309 g/mol. The van der Waals surface area contributed by atoms with Crippen LogP contribution in [0.1, 0.15) is 20.8 Å². The van der Waals surface area contributed by atoms with Crippen molar-refractivity contribution < 1.29 is 10.0 Å². The molecule has 7 heteroatoms. The summed E-state index contributed by atoms with van der Waals surface area (Å²) in [7, 11) is 0. The van der Waals surface area contributed by atoms with Gasteiger partial charge in [-0.3, -0.25) is 4.79 Å². The third kappa shape index (κ3) is 3.49. The number of halogens is 1. The maximum absolute atomic E-state index is 11.9. The summed E-state index contributed by atoms with van der Waals surface area (Å²) in [5.74, 6) is -0.153. The lowest BCUT2D eigenvalue weighted by atomic mass is 10.1. The lowest BCUT2D eigenvalue weighted by Crippen LogP contribution is -2.22. The van der Waals surface area contributed by atoms with Gasteiger partial charge in [0, 0.05) is 12.1 Å². The fourth-order valence-corrected chi connectivity index (χ4v) is 2.56. The lowest BCUT2D eigenvalue weighted by molar-refractivity contribution is 0.0955. The molecule has 1 aromatic heterocycles. The highest BCUT2D eigenvalue weighted by molar-refractivity contribution is 7.17. The molecule has 0 saturated carbocycles. The Hall–Kier alpha value is -2.05. The molecule has 104 valence electrons. The number of amides is 1. The number of nitrogens with two attached hydrogens (primary N) is 1. The number of hydrogen-bond donors (Lipinski definition) is 3. The molecule has 0 radical (unpaired) electrons. The van der Waals surface area contributed by atoms with Crippen LogP contribution in [0.2, 0.25) is 4.34 Å². The number of carbonyl (C=O) groups excluding carboxylic acids is 1. The minimum absolute atomic E-state index is 0.0308. The van der Waals surface area contributed by atoms with Crippen LogP contribution in [-0.4, -0.2) is 17.0 Å². The van der Waals surface area contributed by atoms with Gasteiger partial charge in [-0.1, -0.05) is 35.0 Å². The summed E-state index contributed by atoms with van der Waals surface area (Å²) >= 11 is 7.00. The Morgan fingerprint density at radius 3 is 2.85 bits per heavy atom. The van der Waals surface area contributed by atoms with Crippen LogP contribution in [0.3, 0.4) is 0 Å². The number of oxime groups is 1. The Morgan fingerprint density at radius 1 is 1.40 bits per heavy atom. The molecule has 0 saturated heterocycles. The molecule has 0 spiro atoms. The molecule has 0 atom stereocenters. The number of nitrogens with one attached hydrogen (secondary N) is 1. The van der Waals surface area contributed by atoms with Crippen molar-refractivity contribution in [2.75, 3.05) is 0 Å². The van der Waals surface area contributed by atoms with Crippen molar-refractivity contribution in [2.24, 2.45) is 10.9 Å². The van der Waals surface area contributed by atoms with E-state index < -0.39 is 0 Å². The molecule has 0 unspecified atom stereocenters. The van der Waals surface area contributed by atoms with Gasteiger partial charge in [0.1, 0.15) is 0 Å². The van der Waals surface area contributed by atoms with Crippen molar-refractivity contribution >= 4 is 34.7 Å².